The predicted molar refractivity (Wildman–Crippen MR) is 89.2 cm³/mol. The molecule has 0 saturated carbocycles. The Labute approximate surface area is 134 Å². The molecule has 0 aliphatic carbocycles. The molecule has 0 bridgehead atoms. The van der Waals surface area contributed by atoms with Gasteiger partial charge in [0.25, 0.3) is 0 Å². The molecule has 0 radical (unpaired) electrons. The van der Waals surface area contributed by atoms with Gasteiger partial charge in [-0.1, -0.05) is 13.8 Å². The van der Waals surface area contributed by atoms with E-state index in [2.05, 4.69) is 36.4 Å². The van der Waals surface area contributed by atoms with Crippen molar-refractivity contribution in [2.45, 2.75) is 39.2 Å². The lowest BCUT2D eigenvalue weighted by molar-refractivity contribution is -0.122. The Hall–Kier alpha value is -1.18. The summed E-state index contributed by atoms with van der Waals surface area (Å²) in [7, 11) is 2.05. The van der Waals surface area contributed by atoms with Crippen LogP contribution in [0.15, 0.2) is 0 Å². The highest BCUT2D eigenvalue weighted by molar-refractivity contribution is 5.81. The van der Waals surface area contributed by atoms with Crippen LogP contribution >= 0.6 is 0 Å². The second kappa shape index (κ2) is 12.4. The van der Waals surface area contributed by atoms with E-state index in [9.17, 15) is 9.59 Å². The number of carbonyl (C=O) groups is 2. The van der Waals surface area contributed by atoms with Crippen LogP contribution in [0.25, 0.3) is 0 Å². The zero-order valence-electron chi connectivity index (χ0n) is 14.2. The molecule has 7 heteroatoms. The van der Waals surface area contributed by atoms with E-state index < -0.39 is 6.04 Å². The first-order valence-electron chi connectivity index (χ1n) is 8.05. The first kappa shape index (κ1) is 20.8. The van der Waals surface area contributed by atoms with Crippen molar-refractivity contribution < 1.29 is 9.59 Å². The van der Waals surface area contributed by atoms with Crippen LogP contribution in [-0.4, -0.2) is 62.5 Å². The Morgan fingerprint density at radius 3 is 2.36 bits per heavy atom. The second-order valence-corrected chi connectivity index (χ2v) is 6.08. The molecule has 0 saturated heterocycles. The number of nitrogens with one attached hydrogen (secondary N) is 2. The fourth-order valence-corrected chi connectivity index (χ4v) is 1.84. The van der Waals surface area contributed by atoms with Gasteiger partial charge in [0.15, 0.2) is 0 Å². The minimum atomic E-state index is -0.532. The molecule has 1 atom stereocenters. The van der Waals surface area contributed by atoms with E-state index in [1.165, 1.54) is 0 Å². The number of rotatable bonds is 12. The highest BCUT2D eigenvalue weighted by Crippen LogP contribution is 2.00. The summed E-state index contributed by atoms with van der Waals surface area (Å²) in [5, 5.41) is 5.50. The van der Waals surface area contributed by atoms with Crippen LogP contribution in [0.5, 0.6) is 0 Å². The van der Waals surface area contributed by atoms with Crippen LogP contribution in [0.4, 0.5) is 0 Å². The first-order chi connectivity index (χ1) is 10.4. The smallest absolute Gasteiger partial charge is 0.236 e. The molecule has 130 valence electrons. The number of nitrogens with two attached hydrogens (primary N) is 2. The van der Waals surface area contributed by atoms with E-state index in [4.69, 9.17) is 11.5 Å². The highest BCUT2D eigenvalue weighted by atomic mass is 16.2. The van der Waals surface area contributed by atoms with E-state index in [0.29, 0.717) is 31.8 Å². The van der Waals surface area contributed by atoms with Crippen LogP contribution in [0, 0.1) is 5.92 Å². The predicted octanol–water partition coefficient (Wildman–Crippen LogP) is -0.737. The Kier molecular flexibility index (Phi) is 11.7. The lowest BCUT2D eigenvalue weighted by Gasteiger charge is -2.19. The third-order valence-electron chi connectivity index (χ3n) is 3.42. The monoisotopic (exact) mass is 315 g/mol. The van der Waals surface area contributed by atoms with Crippen molar-refractivity contribution in [3.8, 4) is 0 Å². The summed E-state index contributed by atoms with van der Waals surface area (Å²) < 4.78 is 0. The summed E-state index contributed by atoms with van der Waals surface area (Å²) >= 11 is 0. The quantitative estimate of drug-likeness (QED) is 0.354. The van der Waals surface area contributed by atoms with Crippen LogP contribution in [0.2, 0.25) is 0 Å². The Bertz CT molecular complexity index is 323. The van der Waals surface area contributed by atoms with Crippen molar-refractivity contribution >= 4 is 11.8 Å². The lowest BCUT2D eigenvalue weighted by atomic mass is 10.1. The molecule has 7 nitrogen and oxygen atoms in total. The largest absolute Gasteiger partial charge is 0.355 e. The molecule has 0 aliphatic rings. The normalized spacial score (nSPS) is 12.5. The molecule has 6 N–H and O–H groups in total. The fraction of sp³-hybridized carbons (Fsp3) is 0.867. The molecule has 0 spiro atoms. The fourth-order valence-electron chi connectivity index (χ4n) is 1.84. The number of carbonyl (C=O) groups excluding carboxylic acids is 2. The maximum atomic E-state index is 11.8. The van der Waals surface area contributed by atoms with Gasteiger partial charge in [-0.25, -0.2) is 0 Å². The molecule has 0 aromatic rings. The topological polar surface area (TPSA) is 113 Å². The summed E-state index contributed by atoms with van der Waals surface area (Å²) in [6.45, 7) is 7.32. The van der Waals surface area contributed by atoms with Gasteiger partial charge in [-0.2, -0.15) is 0 Å². The maximum Gasteiger partial charge on any atom is 0.236 e. The van der Waals surface area contributed by atoms with Gasteiger partial charge in [0.1, 0.15) is 0 Å². The molecule has 0 fully saturated rings. The maximum absolute atomic E-state index is 11.8. The third kappa shape index (κ3) is 11.5. The van der Waals surface area contributed by atoms with E-state index in [1.807, 2.05) is 0 Å². The van der Waals surface area contributed by atoms with E-state index in [-0.39, 0.29) is 18.4 Å². The van der Waals surface area contributed by atoms with Gasteiger partial charge in [-0.15, -0.1) is 0 Å². The molecular formula is C15H33N5O2. The number of likely N-dealkylation sites (N-methyl/N-ethyl adjacent to an activating group) is 1. The van der Waals surface area contributed by atoms with Crippen molar-refractivity contribution in [2.75, 3.05) is 39.8 Å². The molecule has 0 aliphatic heterocycles. The summed E-state index contributed by atoms with van der Waals surface area (Å²) in [4.78, 5) is 25.0. The van der Waals surface area contributed by atoms with Crippen molar-refractivity contribution in [2.24, 2.45) is 17.4 Å². The van der Waals surface area contributed by atoms with Gasteiger partial charge in [-0.3, -0.25) is 9.59 Å². The van der Waals surface area contributed by atoms with Crippen molar-refractivity contribution in [1.29, 1.82) is 0 Å². The van der Waals surface area contributed by atoms with Crippen molar-refractivity contribution in [3.05, 3.63) is 0 Å². The van der Waals surface area contributed by atoms with E-state index >= 15 is 0 Å². The standard InChI is InChI=1S/C15H33N5O2/c1-12(2)6-9-20(3)10-8-19-15(22)13(17)5-4-7-18-14(21)11-16/h12-13H,4-11,16-17H2,1-3H3,(H,18,21)(H,19,22)/t13-/m1/s1. The SMILES string of the molecule is CC(C)CCN(C)CCNC(=O)[C@H](N)CCCNC(=O)CN. The molecule has 0 aromatic heterocycles. The Morgan fingerprint density at radius 1 is 1.09 bits per heavy atom. The third-order valence-corrected chi connectivity index (χ3v) is 3.42. The molecule has 0 unspecified atom stereocenters. The number of hydrogen-bond donors (Lipinski definition) is 4. The van der Waals surface area contributed by atoms with Gasteiger partial charge in [0.2, 0.25) is 11.8 Å². The van der Waals surface area contributed by atoms with Crippen molar-refractivity contribution in [3.63, 3.8) is 0 Å². The number of nitrogens with zero attached hydrogens (tertiary/aromatic N) is 1. The molecule has 22 heavy (non-hydrogen) atoms. The number of amides is 2. The second-order valence-electron chi connectivity index (χ2n) is 6.08. The van der Waals surface area contributed by atoms with Gasteiger partial charge in [0, 0.05) is 19.6 Å². The average Bonchev–Trinajstić information content (AvgIpc) is 2.48. The van der Waals surface area contributed by atoms with Crippen LogP contribution < -0.4 is 22.1 Å². The number of hydrogen-bond acceptors (Lipinski definition) is 5. The van der Waals surface area contributed by atoms with Gasteiger partial charge < -0.3 is 27.0 Å². The Balaban J connectivity index is 3.67. The highest BCUT2D eigenvalue weighted by Gasteiger charge is 2.12. The molecular weight excluding hydrogens is 282 g/mol. The van der Waals surface area contributed by atoms with Crippen LogP contribution in [0.1, 0.15) is 33.1 Å². The molecule has 2 amide bonds. The summed E-state index contributed by atoms with van der Waals surface area (Å²) in [6.07, 6.45) is 2.35. The molecule has 0 aromatic carbocycles. The van der Waals surface area contributed by atoms with E-state index in [1.54, 1.807) is 0 Å². The lowest BCUT2D eigenvalue weighted by Crippen LogP contribution is -2.43. The van der Waals surface area contributed by atoms with Crippen LogP contribution in [0.3, 0.4) is 0 Å². The van der Waals surface area contributed by atoms with Gasteiger partial charge in [-0.05, 0) is 38.8 Å². The minimum absolute atomic E-state index is 0.0170. The average molecular weight is 315 g/mol. The van der Waals surface area contributed by atoms with Crippen molar-refractivity contribution in [1.82, 2.24) is 15.5 Å². The minimum Gasteiger partial charge on any atom is -0.355 e. The first-order valence-corrected chi connectivity index (χ1v) is 8.05. The summed E-state index contributed by atoms with van der Waals surface area (Å²) in [6, 6.07) is -0.532. The van der Waals surface area contributed by atoms with E-state index in [0.717, 1.165) is 19.5 Å². The molecule has 0 rings (SSSR count). The zero-order valence-corrected chi connectivity index (χ0v) is 14.2. The Morgan fingerprint density at radius 2 is 1.77 bits per heavy atom. The zero-order chi connectivity index (χ0) is 17.0. The van der Waals surface area contributed by atoms with Gasteiger partial charge >= 0.3 is 0 Å². The summed E-state index contributed by atoms with van der Waals surface area (Å²) in [5.41, 5.74) is 11.0. The van der Waals surface area contributed by atoms with Crippen LogP contribution in [-0.2, 0) is 9.59 Å². The molecule has 0 heterocycles. The summed E-state index contributed by atoms with van der Waals surface area (Å²) in [5.74, 6) is 0.357. The van der Waals surface area contributed by atoms with Gasteiger partial charge in [0.05, 0.1) is 12.6 Å².